The van der Waals surface area contributed by atoms with Crippen LogP contribution in [0.25, 0.3) is 11.0 Å². The fourth-order valence-corrected chi connectivity index (χ4v) is 2.32. The highest BCUT2D eigenvalue weighted by Crippen LogP contribution is 2.33. The highest BCUT2D eigenvalue weighted by Gasteiger charge is 2.17. The molecule has 2 aromatic rings. The standard InChI is InChI=1S/C14H21N3O2/c1-5-14-16-10-6-12(18-3)13(19-4)7-11(10)17(14)9(2)8-15/h6-7,9H,5,8,15H2,1-4H3. The Morgan fingerprint density at radius 2 is 1.89 bits per heavy atom. The van der Waals surface area contributed by atoms with Gasteiger partial charge in [0.25, 0.3) is 0 Å². The lowest BCUT2D eigenvalue weighted by Gasteiger charge is -2.15. The van der Waals surface area contributed by atoms with E-state index >= 15 is 0 Å². The minimum absolute atomic E-state index is 0.207. The molecule has 5 heteroatoms. The molecule has 0 aliphatic carbocycles. The number of methoxy groups -OCH3 is 2. The van der Waals surface area contributed by atoms with Gasteiger partial charge >= 0.3 is 0 Å². The van der Waals surface area contributed by atoms with Crippen LogP contribution in [0.1, 0.15) is 25.7 Å². The van der Waals surface area contributed by atoms with E-state index in [2.05, 4.69) is 23.4 Å². The van der Waals surface area contributed by atoms with Crippen molar-refractivity contribution in [1.29, 1.82) is 0 Å². The molecule has 2 N–H and O–H groups in total. The van der Waals surface area contributed by atoms with Crippen molar-refractivity contribution in [2.45, 2.75) is 26.3 Å². The first-order chi connectivity index (χ1) is 9.15. The minimum atomic E-state index is 0.207. The molecule has 0 radical (unpaired) electrons. The fraction of sp³-hybridized carbons (Fsp3) is 0.500. The predicted molar refractivity (Wildman–Crippen MR) is 76.0 cm³/mol. The molecule has 0 aliphatic heterocycles. The Labute approximate surface area is 113 Å². The summed E-state index contributed by atoms with van der Waals surface area (Å²) in [6, 6.07) is 4.08. The summed E-state index contributed by atoms with van der Waals surface area (Å²) in [7, 11) is 3.27. The molecule has 0 saturated carbocycles. The van der Waals surface area contributed by atoms with E-state index in [1.807, 2.05) is 12.1 Å². The number of aryl methyl sites for hydroxylation is 1. The Bertz CT molecular complexity index is 578. The van der Waals surface area contributed by atoms with E-state index in [4.69, 9.17) is 15.2 Å². The predicted octanol–water partition coefficient (Wildman–Crippen LogP) is 2.14. The van der Waals surface area contributed by atoms with Gasteiger partial charge in [0.2, 0.25) is 0 Å². The van der Waals surface area contributed by atoms with Gasteiger partial charge in [0.05, 0.1) is 25.3 Å². The van der Waals surface area contributed by atoms with Crippen LogP contribution in [0.5, 0.6) is 11.5 Å². The summed E-state index contributed by atoms with van der Waals surface area (Å²) in [4.78, 5) is 4.66. The van der Waals surface area contributed by atoms with Gasteiger partial charge < -0.3 is 19.8 Å². The van der Waals surface area contributed by atoms with Crippen molar-refractivity contribution in [2.24, 2.45) is 5.73 Å². The molecule has 1 unspecified atom stereocenters. The van der Waals surface area contributed by atoms with Gasteiger partial charge in [0.1, 0.15) is 5.82 Å². The van der Waals surface area contributed by atoms with Crippen LogP contribution in [0.4, 0.5) is 0 Å². The third kappa shape index (κ3) is 2.26. The average molecular weight is 263 g/mol. The molecule has 19 heavy (non-hydrogen) atoms. The monoisotopic (exact) mass is 263 g/mol. The lowest BCUT2D eigenvalue weighted by atomic mass is 10.2. The van der Waals surface area contributed by atoms with Crippen molar-refractivity contribution in [3.05, 3.63) is 18.0 Å². The molecule has 0 fully saturated rings. The number of hydrogen-bond acceptors (Lipinski definition) is 4. The maximum Gasteiger partial charge on any atom is 0.163 e. The third-order valence-electron chi connectivity index (χ3n) is 3.37. The number of imidazole rings is 1. The number of fused-ring (bicyclic) bond motifs is 1. The first-order valence-corrected chi connectivity index (χ1v) is 6.49. The first kappa shape index (κ1) is 13.7. The van der Waals surface area contributed by atoms with Crippen molar-refractivity contribution in [3.8, 4) is 11.5 Å². The van der Waals surface area contributed by atoms with E-state index in [-0.39, 0.29) is 6.04 Å². The normalized spacial score (nSPS) is 12.7. The van der Waals surface area contributed by atoms with Gasteiger partial charge in [-0.2, -0.15) is 0 Å². The highest BCUT2D eigenvalue weighted by atomic mass is 16.5. The fourth-order valence-electron chi connectivity index (χ4n) is 2.32. The lowest BCUT2D eigenvalue weighted by molar-refractivity contribution is 0.355. The molecule has 1 aromatic carbocycles. The molecule has 2 rings (SSSR count). The van der Waals surface area contributed by atoms with Gasteiger partial charge in [0, 0.05) is 31.1 Å². The largest absolute Gasteiger partial charge is 0.493 e. The molecular weight excluding hydrogens is 242 g/mol. The second kappa shape index (κ2) is 5.48. The Balaban J connectivity index is 2.71. The SMILES string of the molecule is CCc1nc2cc(OC)c(OC)cc2n1C(C)CN. The zero-order valence-electron chi connectivity index (χ0n) is 11.9. The van der Waals surface area contributed by atoms with E-state index in [9.17, 15) is 0 Å². The summed E-state index contributed by atoms with van der Waals surface area (Å²) >= 11 is 0. The Morgan fingerprint density at radius 3 is 2.42 bits per heavy atom. The average Bonchev–Trinajstić information content (AvgIpc) is 2.82. The van der Waals surface area contributed by atoms with Gasteiger partial charge in [-0.25, -0.2) is 4.98 Å². The van der Waals surface area contributed by atoms with Crippen molar-refractivity contribution in [2.75, 3.05) is 20.8 Å². The summed E-state index contributed by atoms with van der Waals surface area (Å²) in [5, 5.41) is 0. The van der Waals surface area contributed by atoms with E-state index in [1.165, 1.54) is 0 Å². The van der Waals surface area contributed by atoms with Crippen LogP contribution in [0.3, 0.4) is 0 Å². The first-order valence-electron chi connectivity index (χ1n) is 6.49. The smallest absolute Gasteiger partial charge is 0.163 e. The molecule has 1 atom stereocenters. The molecule has 104 valence electrons. The highest BCUT2D eigenvalue weighted by molar-refractivity contribution is 5.81. The van der Waals surface area contributed by atoms with Crippen LogP contribution < -0.4 is 15.2 Å². The van der Waals surface area contributed by atoms with Crippen LogP contribution in [0.2, 0.25) is 0 Å². The van der Waals surface area contributed by atoms with E-state index in [0.29, 0.717) is 18.0 Å². The second-order valence-corrected chi connectivity index (χ2v) is 4.53. The maximum atomic E-state index is 5.80. The molecule has 0 amide bonds. The van der Waals surface area contributed by atoms with Gasteiger partial charge in [-0.15, -0.1) is 0 Å². The van der Waals surface area contributed by atoms with Gasteiger partial charge in [-0.3, -0.25) is 0 Å². The van der Waals surface area contributed by atoms with E-state index < -0.39 is 0 Å². The summed E-state index contributed by atoms with van der Waals surface area (Å²) < 4.78 is 12.9. The Hall–Kier alpha value is -1.75. The number of nitrogens with zero attached hydrogens (tertiary/aromatic N) is 2. The van der Waals surface area contributed by atoms with Crippen LogP contribution in [0, 0.1) is 0 Å². The van der Waals surface area contributed by atoms with Crippen molar-refractivity contribution < 1.29 is 9.47 Å². The summed E-state index contributed by atoms with van der Waals surface area (Å²) in [6.07, 6.45) is 0.865. The molecule has 1 aromatic heterocycles. The quantitative estimate of drug-likeness (QED) is 0.897. The number of benzene rings is 1. The molecule has 0 saturated heterocycles. The van der Waals surface area contributed by atoms with Crippen LogP contribution in [0.15, 0.2) is 12.1 Å². The van der Waals surface area contributed by atoms with E-state index in [0.717, 1.165) is 23.3 Å². The van der Waals surface area contributed by atoms with Gasteiger partial charge in [-0.1, -0.05) is 6.92 Å². The van der Waals surface area contributed by atoms with Crippen molar-refractivity contribution in [3.63, 3.8) is 0 Å². The molecular formula is C14H21N3O2. The zero-order valence-corrected chi connectivity index (χ0v) is 11.9. The summed E-state index contributed by atoms with van der Waals surface area (Å²) in [5.41, 5.74) is 7.75. The Morgan fingerprint density at radius 1 is 1.26 bits per heavy atom. The minimum Gasteiger partial charge on any atom is -0.493 e. The van der Waals surface area contributed by atoms with Crippen molar-refractivity contribution >= 4 is 11.0 Å². The molecule has 0 bridgehead atoms. The van der Waals surface area contributed by atoms with Crippen LogP contribution in [-0.2, 0) is 6.42 Å². The summed E-state index contributed by atoms with van der Waals surface area (Å²) in [5.74, 6) is 2.44. The second-order valence-electron chi connectivity index (χ2n) is 4.53. The number of aromatic nitrogens is 2. The summed E-state index contributed by atoms with van der Waals surface area (Å²) in [6.45, 7) is 4.76. The number of ether oxygens (including phenoxy) is 2. The molecule has 0 aliphatic rings. The van der Waals surface area contributed by atoms with E-state index in [1.54, 1.807) is 14.2 Å². The topological polar surface area (TPSA) is 62.3 Å². The van der Waals surface area contributed by atoms with Gasteiger partial charge in [0.15, 0.2) is 11.5 Å². The number of rotatable bonds is 5. The number of hydrogen-bond donors (Lipinski definition) is 1. The molecule has 0 spiro atoms. The molecule has 1 heterocycles. The van der Waals surface area contributed by atoms with Gasteiger partial charge in [-0.05, 0) is 6.92 Å². The maximum absolute atomic E-state index is 5.80. The Kier molecular flexibility index (Phi) is 3.95. The van der Waals surface area contributed by atoms with Crippen molar-refractivity contribution in [1.82, 2.24) is 9.55 Å². The lowest BCUT2D eigenvalue weighted by Crippen LogP contribution is -2.18. The molecule has 5 nitrogen and oxygen atoms in total. The third-order valence-corrected chi connectivity index (χ3v) is 3.37. The van der Waals surface area contributed by atoms with Crippen LogP contribution >= 0.6 is 0 Å². The number of nitrogens with two attached hydrogens (primary N) is 1. The van der Waals surface area contributed by atoms with Crippen LogP contribution in [-0.4, -0.2) is 30.3 Å². The zero-order chi connectivity index (χ0) is 14.0.